The number of para-hydroxylation sites is 1. The molecule has 2 saturated heterocycles. The fourth-order valence-electron chi connectivity index (χ4n) is 5.45. The molecule has 6 rings (SSSR count). The highest BCUT2D eigenvalue weighted by atomic mass is 16.2. The van der Waals surface area contributed by atoms with Crippen molar-refractivity contribution in [2.75, 3.05) is 0 Å². The molecule has 2 bridgehead atoms. The lowest BCUT2D eigenvalue weighted by atomic mass is 9.99. The van der Waals surface area contributed by atoms with Crippen molar-refractivity contribution in [3.05, 3.63) is 70.6 Å². The number of piperidine rings is 1. The van der Waals surface area contributed by atoms with Crippen LogP contribution in [0.4, 0.5) is 0 Å². The quantitative estimate of drug-likeness (QED) is 0.725. The predicted octanol–water partition coefficient (Wildman–Crippen LogP) is 2.40. The number of aromatic nitrogens is 2. The summed E-state index contributed by atoms with van der Waals surface area (Å²) in [6.45, 7) is 0. The first-order chi connectivity index (χ1) is 14.1. The van der Waals surface area contributed by atoms with Crippen LogP contribution in [-0.4, -0.2) is 33.3 Å². The van der Waals surface area contributed by atoms with Gasteiger partial charge in [0, 0.05) is 23.0 Å². The van der Waals surface area contributed by atoms with Gasteiger partial charge >= 0.3 is 0 Å². The summed E-state index contributed by atoms with van der Waals surface area (Å²) in [5.41, 5.74) is 0.644. The largest absolute Gasteiger partial charge is 0.345 e. The second kappa shape index (κ2) is 6.00. The number of fused-ring (bicyclic) bond motifs is 5. The highest BCUT2D eigenvalue weighted by Gasteiger charge is 2.63. The second-order valence-corrected chi connectivity index (χ2v) is 8.62. The highest BCUT2D eigenvalue weighted by molar-refractivity contribution is 6.05. The second-order valence-electron chi connectivity index (χ2n) is 8.62. The Morgan fingerprint density at radius 1 is 1.03 bits per heavy atom. The number of carbonyl (C=O) groups is 1. The van der Waals surface area contributed by atoms with Crippen molar-refractivity contribution < 1.29 is 4.79 Å². The van der Waals surface area contributed by atoms with Crippen LogP contribution in [-0.2, 0) is 0 Å². The molecule has 2 aliphatic heterocycles. The van der Waals surface area contributed by atoms with Crippen LogP contribution in [0.3, 0.4) is 0 Å². The topological polar surface area (TPSA) is 76.0 Å². The van der Waals surface area contributed by atoms with Crippen LogP contribution in [0.25, 0.3) is 16.5 Å². The van der Waals surface area contributed by atoms with E-state index in [1.807, 2.05) is 48.5 Å². The summed E-state index contributed by atoms with van der Waals surface area (Å²) in [7, 11) is 0. The van der Waals surface area contributed by atoms with Crippen LogP contribution in [0, 0.1) is 5.92 Å². The molecule has 1 aliphatic carbocycles. The third kappa shape index (κ3) is 2.55. The van der Waals surface area contributed by atoms with Crippen molar-refractivity contribution >= 4 is 16.7 Å². The molecule has 29 heavy (non-hydrogen) atoms. The zero-order valence-corrected chi connectivity index (χ0v) is 16.0. The molecule has 6 heteroatoms. The van der Waals surface area contributed by atoms with Gasteiger partial charge in [-0.2, -0.15) is 9.78 Å². The Kier molecular flexibility index (Phi) is 3.50. The fourth-order valence-corrected chi connectivity index (χ4v) is 5.45. The molecule has 0 unspecified atom stereocenters. The zero-order chi connectivity index (χ0) is 19.6. The molecule has 4 atom stereocenters. The Morgan fingerprint density at radius 3 is 2.62 bits per heavy atom. The first kappa shape index (κ1) is 16.9. The Balaban J connectivity index is 1.43. The molecular weight excluding hydrogens is 364 g/mol. The van der Waals surface area contributed by atoms with Crippen LogP contribution in [0.2, 0.25) is 0 Å². The molecule has 2 N–H and O–H groups in total. The lowest BCUT2D eigenvalue weighted by molar-refractivity contribution is 0.0910. The molecule has 1 saturated carbocycles. The average molecular weight is 386 g/mol. The first-order valence-corrected chi connectivity index (χ1v) is 10.3. The molecule has 1 amide bonds. The van der Waals surface area contributed by atoms with E-state index in [-0.39, 0.29) is 17.0 Å². The number of benzene rings is 2. The van der Waals surface area contributed by atoms with Gasteiger partial charge in [0.25, 0.3) is 11.5 Å². The summed E-state index contributed by atoms with van der Waals surface area (Å²) in [6.07, 6.45) is 4.41. The van der Waals surface area contributed by atoms with E-state index in [4.69, 9.17) is 0 Å². The van der Waals surface area contributed by atoms with Crippen LogP contribution >= 0.6 is 0 Å². The Labute approximate surface area is 167 Å². The summed E-state index contributed by atoms with van der Waals surface area (Å²) < 4.78 is 1.34. The van der Waals surface area contributed by atoms with Gasteiger partial charge in [-0.1, -0.05) is 36.4 Å². The van der Waals surface area contributed by atoms with Crippen molar-refractivity contribution in [2.24, 2.45) is 5.92 Å². The van der Waals surface area contributed by atoms with Crippen LogP contribution in [0.15, 0.2) is 59.4 Å². The normalized spacial score (nSPS) is 29.4. The van der Waals surface area contributed by atoms with E-state index in [1.165, 1.54) is 17.5 Å². The van der Waals surface area contributed by atoms with E-state index in [2.05, 4.69) is 15.7 Å². The molecule has 3 fully saturated rings. The van der Waals surface area contributed by atoms with Crippen LogP contribution < -0.4 is 16.2 Å². The van der Waals surface area contributed by atoms with E-state index < -0.39 is 0 Å². The molecule has 146 valence electrons. The molecule has 2 aromatic carbocycles. The van der Waals surface area contributed by atoms with Gasteiger partial charge in [0.15, 0.2) is 5.69 Å². The van der Waals surface area contributed by atoms with Gasteiger partial charge in [0.05, 0.1) is 11.1 Å². The van der Waals surface area contributed by atoms with E-state index in [1.54, 1.807) is 6.07 Å². The Hall–Kier alpha value is -2.99. The maximum absolute atomic E-state index is 13.4. The smallest absolute Gasteiger partial charge is 0.279 e. The van der Waals surface area contributed by atoms with Gasteiger partial charge in [-0.05, 0) is 49.8 Å². The van der Waals surface area contributed by atoms with Crippen molar-refractivity contribution in [1.82, 2.24) is 20.4 Å². The predicted molar refractivity (Wildman–Crippen MR) is 110 cm³/mol. The van der Waals surface area contributed by atoms with Gasteiger partial charge in [-0.15, -0.1) is 0 Å². The zero-order valence-electron chi connectivity index (χ0n) is 16.0. The van der Waals surface area contributed by atoms with Crippen LogP contribution in [0.1, 0.15) is 36.2 Å². The minimum atomic E-state index is -0.217. The number of carbonyl (C=O) groups excluding carboxylic acids is 1. The number of hydrogen-bond acceptors (Lipinski definition) is 4. The fraction of sp³-hybridized carbons (Fsp3) is 0.348. The van der Waals surface area contributed by atoms with Gasteiger partial charge in [-0.3, -0.25) is 9.59 Å². The van der Waals surface area contributed by atoms with Gasteiger partial charge in [-0.25, -0.2) is 0 Å². The lowest BCUT2D eigenvalue weighted by Crippen LogP contribution is -2.50. The van der Waals surface area contributed by atoms with Crippen molar-refractivity contribution in [3.63, 3.8) is 0 Å². The number of nitrogens with zero attached hydrogens (tertiary/aromatic N) is 2. The highest BCUT2D eigenvalue weighted by Crippen LogP contribution is 2.55. The number of hydrogen-bond donors (Lipinski definition) is 2. The Morgan fingerprint density at radius 2 is 1.79 bits per heavy atom. The summed E-state index contributed by atoms with van der Waals surface area (Å²) >= 11 is 0. The summed E-state index contributed by atoms with van der Waals surface area (Å²) in [5.74, 6) is 0.325. The molecule has 6 nitrogen and oxygen atoms in total. The molecule has 3 heterocycles. The summed E-state index contributed by atoms with van der Waals surface area (Å²) in [4.78, 5) is 26.4. The molecule has 3 aromatic rings. The maximum Gasteiger partial charge on any atom is 0.279 e. The van der Waals surface area contributed by atoms with Crippen LogP contribution in [0.5, 0.6) is 0 Å². The third-order valence-corrected chi connectivity index (χ3v) is 6.89. The SMILES string of the molecule is O=C(N[C@@]12C[C@H]3CC[C@H](N3)[C@@H]1C2)c1nn(-c2ccccc2)c(=O)c2ccccc12. The number of amides is 1. The molecule has 3 aliphatic rings. The van der Waals surface area contributed by atoms with Crippen molar-refractivity contribution in [2.45, 2.75) is 43.3 Å². The van der Waals surface area contributed by atoms with E-state index >= 15 is 0 Å². The van der Waals surface area contributed by atoms with E-state index in [0.717, 1.165) is 12.8 Å². The number of rotatable bonds is 3. The van der Waals surface area contributed by atoms with Gasteiger partial charge in [0.1, 0.15) is 0 Å². The first-order valence-electron chi connectivity index (χ1n) is 10.3. The molecule has 1 aromatic heterocycles. The summed E-state index contributed by atoms with van der Waals surface area (Å²) in [6, 6.07) is 17.5. The van der Waals surface area contributed by atoms with Gasteiger partial charge in [0.2, 0.25) is 0 Å². The standard InChI is InChI=1S/C23H22N4O2/c28-21(25-23-12-14-10-11-19(24-14)18(23)13-23)20-16-8-4-5-9-17(16)22(29)27(26-20)15-6-2-1-3-7-15/h1-9,14,18-19,24H,10-13H2,(H,25,28)/t14-,18+,19+,23-/m1/s1. The van der Waals surface area contributed by atoms with E-state index in [0.29, 0.717) is 40.2 Å². The molecule has 0 radical (unpaired) electrons. The Bertz CT molecular complexity index is 1190. The maximum atomic E-state index is 13.4. The van der Waals surface area contributed by atoms with Crippen molar-refractivity contribution in [3.8, 4) is 5.69 Å². The average Bonchev–Trinajstić information content (AvgIpc) is 3.32. The minimum absolute atomic E-state index is 0.106. The molecule has 0 spiro atoms. The minimum Gasteiger partial charge on any atom is -0.345 e. The van der Waals surface area contributed by atoms with E-state index in [9.17, 15) is 9.59 Å². The summed E-state index contributed by atoms with van der Waals surface area (Å²) in [5, 5.41) is 12.6. The van der Waals surface area contributed by atoms with Gasteiger partial charge < -0.3 is 10.6 Å². The van der Waals surface area contributed by atoms with Crippen molar-refractivity contribution in [1.29, 1.82) is 0 Å². The monoisotopic (exact) mass is 386 g/mol. The number of nitrogens with one attached hydrogen (secondary N) is 2. The third-order valence-electron chi connectivity index (χ3n) is 6.89. The molecular formula is C23H22N4O2. The lowest BCUT2D eigenvalue weighted by Gasteiger charge is -2.29.